The fourth-order valence-corrected chi connectivity index (χ4v) is 3.76. The van der Waals surface area contributed by atoms with Crippen molar-refractivity contribution in [2.45, 2.75) is 92.8 Å². The van der Waals surface area contributed by atoms with Crippen molar-refractivity contribution in [2.24, 2.45) is 11.8 Å². The minimum Gasteiger partial charge on any atom is -0.458 e. The number of carbonyl (C=O) groups is 2. The molecule has 1 aliphatic rings. The Morgan fingerprint density at radius 2 is 1.79 bits per heavy atom. The Hall–Kier alpha value is -1.84. The quantitative estimate of drug-likeness (QED) is 0.417. The Morgan fingerprint density at radius 3 is 2.36 bits per heavy atom. The van der Waals surface area contributed by atoms with E-state index in [1.165, 1.54) is 25.0 Å². The molecule has 4 heteroatoms. The van der Waals surface area contributed by atoms with Gasteiger partial charge in [0.25, 0.3) is 0 Å². The lowest BCUT2D eigenvalue weighted by Crippen LogP contribution is -2.31. The molecule has 0 radical (unpaired) electrons. The third kappa shape index (κ3) is 8.90. The largest absolute Gasteiger partial charge is 0.458 e. The van der Waals surface area contributed by atoms with Crippen molar-refractivity contribution < 1.29 is 19.1 Å². The average molecular weight is 391 g/mol. The zero-order valence-corrected chi connectivity index (χ0v) is 18.7. The molecule has 0 bridgehead atoms. The van der Waals surface area contributed by atoms with E-state index in [0.29, 0.717) is 12.3 Å². The van der Waals surface area contributed by atoms with E-state index in [-0.39, 0.29) is 30.1 Å². The number of rotatable bonds is 6. The maximum absolute atomic E-state index is 11.8. The smallest absolute Gasteiger partial charge is 0.303 e. The van der Waals surface area contributed by atoms with Gasteiger partial charge in [0.1, 0.15) is 12.2 Å². The van der Waals surface area contributed by atoms with Crippen molar-refractivity contribution in [1.29, 1.82) is 0 Å². The van der Waals surface area contributed by atoms with E-state index in [2.05, 4.69) is 39.8 Å². The number of hydrogen-bond donors (Lipinski definition) is 0. The van der Waals surface area contributed by atoms with E-state index in [1.807, 2.05) is 13.0 Å². The number of hydrogen-bond acceptors (Lipinski definition) is 4. The second-order valence-electron chi connectivity index (χ2n) is 8.41. The van der Waals surface area contributed by atoms with Gasteiger partial charge in [-0.2, -0.15) is 0 Å². The summed E-state index contributed by atoms with van der Waals surface area (Å²) in [6, 6.07) is 0. The number of esters is 2. The van der Waals surface area contributed by atoms with Crippen molar-refractivity contribution in [3.8, 4) is 0 Å². The summed E-state index contributed by atoms with van der Waals surface area (Å²) < 4.78 is 11.3. The molecule has 0 N–H and O–H groups in total. The highest BCUT2D eigenvalue weighted by molar-refractivity contribution is 5.67. The fourth-order valence-electron chi connectivity index (χ4n) is 3.76. The first kappa shape index (κ1) is 24.2. The van der Waals surface area contributed by atoms with Gasteiger partial charge in [0.05, 0.1) is 0 Å². The minimum atomic E-state index is -0.315. The van der Waals surface area contributed by atoms with E-state index in [0.717, 1.165) is 31.3 Å². The van der Waals surface area contributed by atoms with E-state index < -0.39 is 0 Å². The van der Waals surface area contributed by atoms with Crippen LogP contribution >= 0.6 is 0 Å². The zero-order chi connectivity index (χ0) is 21.3. The summed E-state index contributed by atoms with van der Waals surface area (Å²) in [4.78, 5) is 23.3. The van der Waals surface area contributed by atoms with Crippen LogP contribution in [0.1, 0.15) is 80.6 Å². The first-order valence-electron chi connectivity index (χ1n) is 10.4. The van der Waals surface area contributed by atoms with Gasteiger partial charge in [-0.3, -0.25) is 9.59 Å². The van der Waals surface area contributed by atoms with Gasteiger partial charge < -0.3 is 9.47 Å². The lowest BCUT2D eigenvalue weighted by Gasteiger charge is -2.32. The molecular weight excluding hydrogens is 352 g/mol. The molecule has 0 saturated carbocycles. The second kappa shape index (κ2) is 11.9. The molecule has 0 aromatic carbocycles. The molecule has 0 spiro atoms. The summed E-state index contributed by atoms with van der Waals surface area (Å²) in [5.41, 5.74) is 3.55. The Morgan fingerprint density at radius 1 is 1.14 bits per heavy atom. The molecule has 0 amide bonds. The summed E-state index contributed by atoms with van der Waals surface area (Å²) in [5.74, 6) is 0.0627. The zero-order valence-electron chi connectivity index (χ0n) is 18.7. The van der Waals surface area contributed by atoms with Crippen LogP contribution in [0.25, 0.3) is 0 Å². The van der Waals surface area contributed by atoms with Crippen molar-refractivity contribution in [2.75, 3.05) is 0 Å². The molecule has 4 atom stereocenters. The van der Waals surface area contributed by atoms with Gasteiger partial charge in [-0.25, -0.2) is 0 Å². The van der Waals surface area contributed by atoms with Crippen LogP contribution in [0.5, 0.6) is 0 Å². The molecule has 0 saturated heterocycles. The topological polar surface area (TPSA) is 52.6 Å². The van der Waals surface area contributed by atoms with Gasteiger partial charge in [0.2, 0.25) is 0 Å². The van der Waals surface area contributed by atoms with E-state index >= 15 is 0 Å². The number of allylic oxidation sites excluding steroid dienone is 3. The predicted molar refractivity (Wildman–Crippen MR) is 114 cm³/mol. The van der Waals surface area contributed by atoms with Gasteiger partial charge in [-0.15, -0.1) is 0 Å². The molecule has 158 valence electrons. The maximum Gasteiger partial charge on any atom is 0.303 e. The Labute approximate surface area is 171 Å². The molecule has 0 unspecified atom stereocenters. The second-order valence-corrected chi connectivity index (χ2v) is 8.41. The molecule has 4 nitrogen and oxygen atoms in total. The first-order valence-corrected chi connectivity index (χ1v) is 10.4. The highest BCUT2D eigenvalue weighted by atomic mass is 16.5. The number of ether oxygens (including phenoxy) is 2. The summed E-state index contributed by atoms with van der Waals surface area (Å²) in [6.45, 7) is 13.5. The first-order chi connectivity index (χ1) is 13.1. The van der Waals surface area contributed by atoms with Gasteiger partial charge in [0, 0.05) is 26.2 Å². The molecule has 0 aromatic heterocycles. The van der Waals surface area contributed by atoms with Crippen LogP contribution in [-0.4, -0.2) is 24.1 Å². The van der Waals surface area contributed by atoms with Crippen LogP contribution in [0.2, 0.25) is 0 Å². The molecule has 1 rings (SSSR count). The third-order valence-corrected chi connectivity index (χ3v) is 5.43. The molecular formula is C24H38O4. The van der Waals surface area contributed by atoms with Crippen molar-refractivity contribution in [3.05, 3.63) is 34.9 Å². The van der Waals surface area contributed by atoms with Crippen LogP contribution in [0.15, 0.2) is 34.9 Å². The fraction of sp³-hybridized carbons (Fsp3) is 0.667. The van der Waals surface area contributed by atoms with Crippen LogP contribution < -0.4 is 0 Å². The molecule has 28 heavy (non-hydrogen) atoms. The lowest BCUT2D eigenvalue weighted by atomic mass is 9.80. The monoisotopic (exact) mass is 390 g/mol. The summed E-state index contributed by atoms with van der Waals surface area (Å²) in [5, 5.41) is 0. The third-order valence-electron chi connectivity index (χ3n) is 5.43. The SMILES string of the molecule is CC(=O)O[C@H]1C/C=C(\C)CC[C@@H]([C@H](C)CCC=C(C)C)[C@@H](OC(C)=O)/C=C/1C. The highest BCUT2D eigenvalue weighted by Crippen LogP contribution is 2.32. The Kier molecular flexibility index (Phi) is 10.3. The van der Waals surface area contributed by atoms with Crippen LogP contribution in [0.3, 0.4) is 0 Å². The van der Waals surface area contributed by atoms with E-state index in [1.54, 1.807) is 0 Å². The van der Waals surface area contributed by atoms with Crippen LogP contribution in [0, 0.1) is 11.8 Å². The van der Waals surface area contributed by atoms with Gasteiger partial charge in [-0.1, -0.05) is 30.2 Å². The van der Waals surface area contributed by atoms with E-state index in [4.69, 9.17) is 9.47 Å². The summed E-state index contributed by atoms with van der Waals surface area (Å²) in [7, 11) is 0. The van der Waals surface area contributed by atoms with Crippen LogP contribution in [-0.2, 0) is 19.1 Å². The molecule has 0 aromatic rings. The minimum absolute atomic E-state index is 0.226. The Bertz CT molecular complexity index is 623. The average Bonchev–Trinajstić information content (AvgIpc) is 2.56. The van der Waals surface area contributed by atoms with Crippen molar-refractivity contribution >= 4 is 11.9 Å². The van der Waals surface area contributed by atoms with Gasteiger partial charge >= 0.3 is 11.9 Å². The normalized spacial score (nSPS) is 28.0. The standard InChI is InChI=1S/C24H38O4/c1-16(2)9-8-10-18(4)22-13-11-17(3)12-14-23(27-20(6)25)19(5)15-24(22)28-21(7)26/h9,12,15,18,22-24H,8,10-11,13-14H2,1-7H3/b17-12+,19-15+/t18-,22+,23+,24+/m1/s1. The Balaban J connectivity index is 3.18. The van der Waals surface area contributed by atoms with Crippen LogP contribution in [0.4, 0.5) is 0 Å². The summed E-state index contributed by atoms with van der Waals surface area (Å²) in [6.07, 6.45) is 10.5. The molecule has 1 aliphatic carbocycles. The van der Waals surface area contributed by atoms with Crippen molar-refractivity contribution in [1.82, 2.24) is 0 Å². The molecule has 0 aliphatic heterocycles. The molecule has 0 heterocycles. The summed E-state index contributed by atoms with van der Waals surface area (Å²) >= 11 is 0. The van der Waals surface area contributed by atoms with Gasteiger partial charge in [0.15, 0.2) is 0 Å². The highest BCUT2D eigenvalue weighted by Gasteiger charge is 2.29. The lowest BCUT2D eigenvalue weighted by molar-refractivity contribution is -0.148. The molecule has 0 fully saturated rings. The van der Waals surface area contributed by atoms with Crippen molar-refractivity contribution in [3.63, 3.8) is 0 Å². The number of carbonyl (C=O) groups excluding carboxylic acids is 2. The predicted octanol–water partition coefficient (Wildman–Crippen LogP) is 5.93. The van der Waals surface area contributed by atoms with Gasteiger partial charge in [-0.05, 0) is 70.9 Å². The van der Waals surface area contributed by atoms with E-state index in [9.17, 15) is 9.59 Å². The maximum atomic E-state index is 11.8.